The van der Waals surface area contributed by atoms with E-state index >= 15 is 0 Å². The second-order valence-corrected chi connectivity index (χ2v) is 9.39. The summed E-state index contributed by atoms with van der Waals surface area (Å²) in [5, 5.41) is 13.4. The number of fused-ring (bicyclic) bond motifs is 1. The van der Waals surface area contributed by atoms with E-state index in [4.69, 9.17) is 0 Å². The van der Waals surface area contributed by atoms with E-state index in [2.05, 4.69) is 44.7 Å². The van der Waals surface area contributed by atoms with Crippen LogP contribution in [0.2, 0.25) is 0 Å². The van der Waals surface area contributed by atoms with Crippen molar-refractivity contribution in [3.8, 4) is 0 Å². The first-order valence-electron chi connectivity index (χ1n) is 11.0. The molecule has 0 radical (unpaired) electrons. The fourth-order valence-electron chi connectivity index (χ4n) is 4.85. The number of piperidine rings is 1. The molecule has 2 amide bonds. The highest BCUT2D eigenvalue weighted by Gasteiger charge is 2.31. The van der Waals surface area contributed by atoms with Crippen LogP contribution in [0, 0.1) is 5.92 Å². The zero-order chi connectivity index (χ0) is 20.5. The van der Waals surface area contributed by atoms with Crippen LogP contribution in [-0.4, -0.2) is 41.6 Å². The van der Waals surface area contributed by atoms with Crippen LogP contribution in [0.4, 0.5) is 10.3 Å². The molecule has 3 heterocycles. The Hall–Kier alpha value is -2.48. The van der Waals surface area contributed by atoms with Gasteiger partial charge in [-0.25, -0.2) is 0 Å². The van der Waals surface area contributed by atoms with E-state index in [1.165, 1.54) is 22.5 Å². The van der Waals surface area contributed by atoms with Gasteiger partial charge in [0.2, 0.25) is 22.1 Å². The second kappa shape index (κ2) is 8.34. The molecule has 1 aromatic carbocycles. The fourth-order valence-corrected chi connectivity index (χ4v) is 5.78. The van der Waals surface area contributed by atoms with Crippen LogP contribution in [-0.2, 0) is 16.0 Å². The minimum absolute atomic E-state index is 0.0476. The fraction of sp³-hybridized carbons (Fsp3) is 0.545. The third-order valence-electron chi connectivity index (χ3n) is 6.46. The van der Waals surface area contributed by atoms with E-state index in [1.807, 2.05) is 0 Å². The maximum atomic E-state index is 13.1. The van der Waals surface area contributed by atoms with Gasteiger partial charge in [-0.2, -0.15) is 0 Å². The first-order chi connectivity index (χ1) is 14.7. The van der Waals surface area contributed by atoms with Gasteiger partial charge in [-0.15, -0.1) is 10.2 Å². The third-order valence-corrected chi connectivity index (χ3v) is 7.46. The molecule has 0 saturated carbocycles. The van der Waals surface area contributed by atoms with E-state index in [-0.39, 0.29) is 23.8 Å². The predicted molar refractivity (Wildman–Crippen MR) is 117 cm³/mol. The predicted octanol–water partition coefficient (Wildman–Crippen LogP) is 3.08. The van der Waals surface area contributed by atoms with Crippen LogP contribution in [0.1, 0.15) is 55.7 Å². The molecule has 2 atom stereocenters. The molecule has 3 aliphatic rings. The lowest BCUT2D eigenvalue weighted by molar-refractivity contribution is -0.126. The maximum absolute atomic E-state index is 13.1. The molecule has 30 heavy (non-hydrogen) atoms. The van der Waals surface area contributed by atoms with Crippen LogP contribution >= 0.6 is 11.3 Å². The molecule has 0 spiro atoms. The van der Waals surface area contributed by atoms with Gasteiger partial charge in [-0.05, 0) is 49.7 Å². The van der Waals surface area contributed by atoms with Crippen LogP contribution in [0.3, 0.4) is 0 Å². The molecule has 1 aliphatic carbocycles. The Morgan fingerprint density at radius 3 is 2.77 bits per heavy atom. The van der Waals surface area contributed by atoms with Crippen molar-refractivity contribution in [2.24, 2.45) is 5.92 Å². The Labute approximate surface area is 180 Å². The highest BCUT2D eigenvalue weighted by molar-refractivity contribution is 7.19. The second-order valence-electron chi connectivity index (χ2n) is 8.45. The molecule has 2 saturated heterocycles. The zero-order valence-electron chi connectivity index (χ0n) is 17.0. The third kappa shape index (κ3) is 3.80. The first-order valence-corrected chi connectivity index (χ1v) is 11.8. The largest absolute Gasteiger partial charge is 0.349 e. The van der Waals surface area contributed by atoms with Gasteiger partial charge in [0.15, 0.2) is 0 Å². The summed E-state index contributed by atoms with van der Waals surface area (Å²) in [4.78, 5) is 29.0. The summed E-state index contributed by atoms with van der Waals surface area (Å²) < 4.78 is 0. The lowest BCUT2D eigenvalue weighted by atomic mass is 9.87. The Morgan fingerprint density at radius 2 is 1.90 bits per heavy atom. The molecule has 7 nitrogen and oxygen atoms in total. The molecule has 0 bridgehead atoms. The first kappa shape index (κ1) is 19.5. The standard InChI is InChI=1S/C22H27N5O2S/c28-19-11-5-13-27(19)22-25-24-21(30-22)26-12-4-8-16(14-26)20(29)23-18-10-3-7-15-6-1-2-9-17(15)18/h1-2,6,9,16,18H,3-5,7-8,10-14H2,(H,23,29)/t16-,18+/m0/s1. The molecule has 0 unspecified atom stereocenters. The average molecular weight is 426 g/mol. The minimum Gasteiger partial charge on any atom is -0.349 e. The molecule has 2 fully saturated rings. The zero-order valence-corrected chi connectivity index (χ0v) is 17.9. The molecule has 2 aliphatic heterocycles. The quantitative estimate of drug-likeness (QED) is 0.815. The SMILES string of the molecule is O=C(N[C@@H]1CCCc2ccccc21)[C@H]1CCCN(c2nnc(N3CCCC3=O)s2)C1. The molecular formula is C22H27N5O2S. The van der Waals surface area contributed by atoms with Crippen molar-refractivity contribution >= 4 is 33.4 Å². The summed E-state index contributed by atoms with van der Waals surface area (Å²) in [5.41, 5.74) is 2.63. The Morgan fingerprint density at radius 1 is 1.03 bits per heavy atom. The Bertz CT molecular complexity index is 945. The van der Waals surface area contributed by atoms with Crippen molar-refractivity contribution < 1.29 is 9.59 Å². The number of rotatable bonds is 4. The smallest absolute Gasteiger partial charge is 0.228 e. The topological polar surface area (TPSA) is 78.4 Å². The van der Waals surface area contributed by atoms with Gasteiger partial charge in [0.1, 0.15) is 0 Å². The number of carbonyl (C=O) groups excluding carboxylic acids is 2. The molecule has 1 N–H and O–H groups in total. The molecule has 5 rings (SSSR count). The molecule has 2 aromatic rings. The van der Waals surface area contributed by atoms with E-state index in [0.29, 0.717) is 18.1 Å². The number of benzene rings is 1. The summed E-state index contributed by atoms with van der Waals surface area (Å²) in [7, 11) is 0. The number of aromatic nitrogens is 2. The minimum atomic E-state index is -0.0476. The number of aryl methyl sites for hydroxylation is 1. The lowest BCUT2D eigenvalue weighted by Crippen LogP contribution is -2.44. The molecular weight excluding hydrogens is 398 g/mol. The van der Waals surface area contributed by atoms with Crippen LogP contribution < -0.4 is 15.1 Å². The Balaban J connectivity index is 1.24. The van der Waals surface area contributed by atoms with E-state index in [1.54, 1.807) is 4.90 Å². The number of anilines is 2. The average Bonchev–Trinajstić information content (AvgIpc) is 3.43. The van der Waals surface area contributed by atoms with Gasteiger partial charge in [-0.1, -0.05) is 35.6 Å². The lowest BCUT2D eigenvalue weighted by Gasteiger charge is -2.33. The van der Waals surface area contributed by atoms with E-state index in [0.717, 1.165) is 56.7 Å². The molecule has 8 heteroatoms. The number of hydrogen-bond donors (Lipinski definition) is 1. The summed E-state index contributed by atoms with van der Waals surface area (Å²) in [6, 6.07) is 8.58. The van der Waals surface area contributed by atoms with E-state index < -0.39 is 0 Å². The van der Waals surface area contributed by atoms with Gasteiger partial charge in [0.25, 0.3) is 0 Å². The van der Waals surface area contributed by atoms with E-state index in [9.17, 15) is 9.59 Å². The maximum Gasteiger partial charge on any atom is 0.228 e. The monoisotopic (exact) mass is 425 g/mol. The van der Waals surface area contributed by atoms with Crippen LogP contribution in [0.5, 0.6) is 0 Å². The van der Waals surface area contributed by atoms with Crippen molar-refractivity contribution in [3.05, 3.63) is 35.4 Å². The highest BCUT2D eigenvalue weighted by Crippen LogP contribution is 2.33. The highest BCUT2D eigenvalue weighted by atomic mass is 32.1. The van der Waals surface area contributed by atoms with Crippen molar-refractivity contribution in [2.45, 2.75) is 51.0 Å². The molecule has 1 aromatic heterocycles. The van der Waals surface area contributed by atoms with Crippen LogP contribution in [0.25, 0.3) is 0 Å². The summed E-state index contributed by atoms with van der Waals surface area (Å²) >= 11 is 1.46. The number of nitrogens with zero attached hydrogens (tertiary/aromatic N) is 4. The number of amides is 2. The number of nitrogens with one attached hydrogen (secondary N) is 1. The summed E-state index contributed by atoms with van der Waals surface area (Å²) in [6.45, 7) is 2.25. The van der Waals surface area contributed by atoms with Gasteiger partial charge in [-0.3, -0.25) is 14.5 Å². The molecule has 158 valence electrons. The van der Waals surface area contributed by atoms with Crippen molar-refractivity contribution in [2.75, 3.05) is 29.4 Å². The van der Waals surface area contributed by atoms with Gasteiger partial charge < -0.3 is 10.2 Å². The summed E-state index contributed by atoms with van der Waals surface area (Å²) in [6.07, 6.45) is 6.53. The van der Waals surface area contributed by atoms with Crippen molar-refractivity contribution in [3.63, 3.8) is 0 Å². The van der Waals surface area contributed by atoms with Crippen LogP contribution in [0.15, 0.2) is 24.3 Å². The van der Waals surface area contributed by atoms with Crippen molar-refractivity contribution in [1.29, 1.82) is 0 Å². The van der Waals surface area contributed by atoms with Crippen molar-refractivity contribution in [1.82, 2.24) is 15.5 Å². The normalized spacial score (nSPS) is 24.1. The summed E-state index contributed by atoms with van der Waals surface area (Å²) in [5.74, 6) is 0.218. The number of carbonyl (C=O) groups is 2. The van der Waals surface area contributed by atoms with Gasteiger partial charge in [0.05, 0.1) is 12.0 Å². The Kier molecular flexibility index (Phi) is 5.41. The number of hydrogen-bond acceptors (Lipinski definition) is 6. The van der Waals surface area contributed by atoms with Gasteiger partial charge >= 0.3 is 0 Å². The van der Waals surface area contributed by atoms with Gasteiger partial charge in [0, 0.05) is 26.1 Å².